The Bertz CT molecular complexity index is 506. The molecule has 0 aromatic carbocycles. The lowest BCUT2D eigenvalue weighted by Crippen LogP contribution is -2.33. The summed E-state index contributed by atoms with van der Waals surface area (Å²) < 4.78 is 6.52. The maximum atomic E-state index is 11.7. The van der Waals surface area contributed by atoms with E-state index in [0.29, 0.717) is 5.56 Å². The molecule has 1 aromatic heterocycles. The van der Waals surface area contributed by atoms with Crippen molar-refractivity contribution in [3.05, 3.63) is 22.2 Å². The minimum Gasteiger partial charge on any atom is -0.394 e. The van der Waals surface area contributed by atoms with Crippen LogP contribution >= 0.6 is 11.6 Å². The fraction of sp³-hybridized carbons (Fsp3) is 0.600. The maximum absolute atomic E-state index is 11.7. The summed E-state index contributed by atoms with van der Waals surface area (Å²) in [4.78, 5) is 15.3. The van der Waals surface area contributed by atoms with Crippen molar-refractivity contribution in [2.45, 2.75) is 30.7 Å². The van der Waals surface area contributed by atoms with Gasteiger partial charge in [-0.1, -0.05) is 0 Å². The van der Waals surface area contributed by atoms with Gasteiger partial charge in [-0.15, -0.1) is 11.6 Å². The number of aromatic nitrogens is 2. The van der Waals surface area contributed by atoms with Crippen LogP contribution in [0.2, 0.25) is 0 Å². The van der Waals surface area contributed by atoms with Crippen LogP contribution in [0.15, 0.2) is 11.0 Å². The molecule has 1 fully saturated rings. The van der Waals surface area contributed by atoms with E-state index < -0.39 is 29.5 Å². The first-order valence-electron chi connectivity index (χ1n) is 5.39. The van der Waals surface area contributed by atoms with Crippen LogP contribution in [0.4, 0.5) is 5.82 Å². The molecule has 1 saturated heterocycles. The van der Waals surface area contributed by atoms with Crippen LogP contribution in [0.1, 0.15) is 11.8 Å². The fourth-order valence-corrected chi connectivity index (χ4v) is 2.18. The molecular weight excluding hydrogens is 262 g/mol. The SMILES string of the molecule is Cc1cn([C@H]2O[C@@H](CO)[C@@H](O)[C@H]2Cl)c(=O)nc1N. The van der Waals surface area contributed by atoms with Crippen molar-refractivity contribution in [1.29, 1.82) is 0 Å². The van der Waals surface area contributed by atoms with Crippen molar-refractivity contribution < 1.29 is 14.9 Å². The zero-order chi connectivity index (χ0) is 13.4. The summed E-state index contributed by atoms with van der Waals surface area (Å²) in [5.41, 5.74) is 5.51. The van der Waals surface area contributed by atoms with E-state index in [4.69, 9.17) is 27.2 Å². The molecule has 100 valence electrons. The Labute approximate surface area is 108 Å². The van der Waals surface area contributed by atoms with Crippen molar-refractivity contribution in [3.8, 4) is 0 Å². The van der Waals surface area contributed by atoms with E-state index in [0.717, 1.165) is 0 Å². The number of nitrogens with two attached hydrogens (primary N) is 1. The van der Waals surface area contributed by atoms with Crippen LogP contribution in [-0.2, 0) is 4.74 Å². The number of hydrogen-bond donors (Lipinski definition) is 3. The molecule has 4 atom stereocenters. The Morgan fingerprint density at radius 2 is 2.33 bits per heavy atom. The fourth-order valence-electron chi connectivity index (χ4n) is 1.84. The Balaban J connectivity index is 2.39. The summed E-state index contributed by atoms with van der Waals surface area (Å²) in [7, 11) is 0. The average Bonchev–Trinajstić information content (AvgIpc) is 2.61. The van der Waals surface area contributed by atoms with Gasteiger partial charge in [-0.05, 0) is 6.92 Å². The van der Waals surface area contributed by atoms with Crippen LogP contribution in [-0.4, -0.2) is 44.0 Å². The standard InChI is InChI=1S/C10H14ClN3O4/c1-4-2-14(10(17)13-8(4)12)9-6(11)7(16)5(3-15)18-9/h2,5-7,9,15-16H,3H2,1H3,(H2,12,13,17)/t5-,6+,7+,9-/m0/s1. The number of rotatable bonds is 2. The highest BCUT2D eigenvalue weighted by atomic mass is 35.5. The largest absolute Gasteiger partial charge is 0.394 e. The Morgan fingerprint density at radius 1 is 1.67 bits per heavy atom. The molecule has 1 aliphatic heterocycles. The second-order valence-electron chi connectivity index (χ2n) is 4.18. The number of nitrogens with zero attached hydrogens (tertiary/aromatic N) is 2. The Morgan fingerprint density at radius 3 is 2.89 bits per heavy atom. The van der Waals surface area contributed by atoms with Crippen molar-refractivity contribution >= 4 is 17.4 Å². The van der Waals surface area contributed by atoms with Gasteiger partial charge in [0.05, 0.1) is 6.61 Å². The molecule has 0 aliphatic carbocycles. The first kappa shape index (κ1) is 13.3. The van der Waals surface area contributed by atoms with Gasteiger partial charge in [0, 0.05) is 11.8 Å². The molecule has 0 saturated carbocycles. The number of ether oxygens (including phenoxy) is 1. The second kappa shape index (κ2) is 4.85. The zero-order valence-electron chi connectivity index (χ0n) is 9.65. The van der Waals surface area contributed by atoms with Gasteiger partial charge < -0.3 is 20.7 Å². The maximum Gasteiger partial charge on any atom is 0.351 e. The minimum atomic E-state index is -1.05. The van der Waals surface area contributed by atoms with Crippen molar-refractivity contribution in [1.82, 2.24) is 9.55 Å². The molecule has 18 heavy (non-hydrogen) atoms. The molecule has 1 aliphatic rings. The lowest BCUT2D eigenvalue weighted by molar-refractivity contribution is -0.0457. The number of aliphatic hydroxyl groups is 2. The lowest BCUT2D eigenvalue weighted by atomic mass is 10.2. The van der Waals surface area contributed by atoms with Gasteiger partial charge in [0.25, 0.3) is 0 Å². The van der Waals surface area contributed by atoms with Gasteiger partial charge in [0.15, 0.2) is 6.23 Å². The molecule has 8 heteroatoms. The van der Waals surface area contributed by atoms with E-state index in [-0.39, 0.29) is 12.4 Å². The molecule has 2 heterocycles. The molecule has 0 spiro atoms. The summed E-state index contributed by atoms with van der Waals surface area (Å²) in [5, 5.41) is 17.9. The molecule has 2 rings (SSSR count). The van der Waals surface area contributed by atoms with Crippen molar-refractivity contribution in [2.24, 2.45) is 0 Å². The van der Waals surface area contributed by atoms with E-state index in [9.17, 15) is 9.90 Å². The number of anilines is 1. The highest BCUT2D eigenvalue weighted by molar-refractivity contribution is 6.21. The minimum absolute atomic E-state index is 0.139. The van der Waals surface area contributed by atoms with Gasteiger partial charge >= 0.3 is 5.69 Å². The van der Waals surface area contributed by atoms with E-state index in [1.165, 1.54) is 10.8 Å². The molecule has 4 N–H and O–H groups in total. The second-order valence-corrected chi connectivity index (χ2v) is 4.69. The lowest BCUT2D eigenvalue weighted by Gasteiger charge is -2.17. The summed E-state index contributed by atoms with van der Waals surface area (Å²) in [6.45, 7) is 1.31. The third-order valence-corrected chi connectivity index (χ3v) is 3.40. The smallest absolute Gasteiger partial charge is 0.351 e. The first-order valence-corrected chi connectivity index (χ1v) is 5.83. The van der Waals surface area contributed by atoms with Crippen LogP contribution in [0.25, 0.3) is 0 Å². The third-order valence-electron chi connectivity index (χ3n) is 2.92. The van der Waals surface area contributed by atoms with E-state index in [2.05, 4.69) is 4.98 Å². The Kier molecular flexibility index (Phi) is 3.58. The first-order chi connectivity index (χ1) is 8.45. The predicted octanol–water partition coefficient (Wildman–Crippen LogP) is -1.01. The predicted molar refractivity (Wildman–Crippen MR) is 64.3 cm³/mol. The molecule has 1 aromatic rings. The zero-order valence-corrected chi connectivity index (χ0v) is 10.4. The molecule has 0 bridgehead atoms. The summed E-state index contributed by atoms with van der Waals surface area (Å²) in [6, 6.07) is 0. The Hall–Kier alpha value is -1.15. The summed E-state index contributed by atoms with van der Waals surface area (Å²) in [6.07, 6.45) is -1.27. The topological polar surface area (TPSA) is 111 Å². The van der Waals surface area contributed by atoms with Crippen LogP contribution in [0.5, 0.6) is 0 Å². The number of aryl methyl sites for hydroxylation is 1. The molecule has 0 radical (unpaired) electrons. The number of nitrogen functional groups attached to an aromatic ring is 1. The van der Waals surface area contributed by atoms with E-state index >= 15 is 0 Å². The van der Waals surface area contributed by atoms with Crippen LogP contribution in [0.3, 0.4) is 0 Å². The van der Waals surface area contributed by atoms with Gasteiger partial charge in [0.2, 0.25) is 0 Å². The van der Waals surface area contributed by atoms with Gasteiger partial charge in [-0.3, -0.25) is 4.57 Å². The molecule has 7 nitrogen and oxygen atoms in total. The quantitative estimate of drug-likeness (QED) is 0.597. The normalized spacial score (nSPS) is 31.8. The van der Waals surface area contributed by atoms with E-state index in [1.54, 1.807) is 6.92 Å². The average molecular weight is 276 g/mol. The highest BCUT2D eigenvalue weighted by Gasteiger charge is 2.43. The van der Waals surface area contributed by atoms with Crippen molar-refractivity contribution in [3.63, 3.8) is 0 Å². The third kappa shape index (κ3) is 2.10. The number of aliphatic hydroxyl groups excluding tert-OH is 2. The van der Waals surface area contributed by atoms with Gasteiger partial charge in [-0.25, -0.2) is 4.79 Å². The summed E-state index contributed by atoms with van der Waals surface area (Å²) >= 11 is 6.00. The van der Waals surface area contributed by atoms with Crippen LogP contribution in [0, 0.1) is 6.92 Å². The molecule has 0 amide bonds. The number of halogens is 1. The summed E-state index contributed by atoms with van der Waals surface area (Å²) in [5.74, 6) is 0.139. The van der Waals surface area contributed by atoms with Crippen molar-refractivity contribution in [2.75, 3.05) is 12.3 Å². The molecular formula is C10H14ClN3O4. The highest BCUT2D eigenvalue weighted by Crippen LogP contribution is 2.32. The molecule has 0 unspecified atom stereocenters. The number of alkyl halides is 1. The van der Waals surface area contributed by atoms with Gasteiger partial charge in [-0.2, -0.15) is 4.98 Å². The van der Waals surface area contributed by atoms with E-state index in [1.807, 2.05) is 0 Å². The van der Waals surface area contributed by atoms with Crippen LogP contribution < -0.4 is 11.4 Å². The number of hydrogen-bond acceptors (Lipinski definition) is 6. The van der Waals surface area contributed by atoms with Gasteiger partial charge in [0.1, 0.15) is 23.4 Å². The monoisotopic (exact) mass is 275 g/mol.